The van der Waals surface area contributed by atoms with Gasteiger partial charge in [-0.15, -0.1) is 12.4 Å². The van der Waals surface area contributed by atoms with Crippen molar-refractivity contribution in [2.24, 2.45) is 5.41 Å². The lowest BCUT2D eigenvalue weighted by Gasteiger charge is -2.42. The van der Waals surface area contributed by atoms with Crippen LogP contribution in [-0.4, -0.2) is 74.6 Å². The Morgan fingerprint density at radius 1 is 1.07 bits per heavy atom. The first-order valence-corrected chi connectivity index (χ1v) is 9.10. The number of amides is 2. The number of halogens is 2. The van der Waals surface area contributed by atoms with Gasteiger partial charge in [0.2, 0.25) is 5.91 Å². The second kappa shape index (κ2) is 9.48. The van der Waals surface area contributed by atoms with Crippen molar-refractivity contribution in [3.63, 3.8) is 0 Å². The third-order valence-electron chi connectivity index (χ3n) is 5.38. The van der Waals surface area contributed by atoms with Crippen LogP contribution in [0.4, 0.5) is 4.39 Å². The van der Waals surface area contributed by atoms with Crippen molar-refractivity contribution >= 4 is 24.2 Å². The van der Waals surface area contributed by atoms with Gasteiger partial charge in [0.1, 0.15) is 5.82 Å². The number of nitrogens with one attached hydrogen (secondary N) is 1. The fraction of sp³-hybridized carbons (Fsp3) is 0.579. The van der Waals surface area contributed by atoms with Gasteiger partial charge in [0.25, 0.3) is 5.91 Å². The smallest absolute Gasteiger partial charge is 0.253 e. The average Bonchev–Trinajstić information content (AvgIpc) is 2.68. The van der Waals surface area contributed by atoms with E-state index >= 15 is 0 Å². The largest absolute Gasteiger partial charge is 0.384 e. The number of carbonyl (C=O) groups excluding carboxylic acids is 2. The lowest BCUT2D eigenvalue weighted by Crippen LogP contribution is -2.57. The molecule has 2 amide bonds. The molecule has 2 aliphatic rings. The molecule has 1 aromatic rings. The fourth-order valence-corrected chi connectivity index (χ4v) is 3.82. The van der Waals surface area contributed by atoms with Gasteiger partial charge in [0.15, 0.2) is 0 Å². The monoisotopic (exact) mass is 399 g/mol. The summed E-state index contributed by atoms with van der Waals surface area (Å²) in [6.07, 6.45) is 1.54. The third-order valence-corrected chi connectivity index (χ3v) is 5.38. The highest BCUT2D eigenvalue weighted by Gasteiger charge is 2.43. The standard InChI is InChI=1S/C19H26FN3O3.ClH/c1-26-14-19(6-8-21-9-7-19)18(25)23-12-10-22(11-13-23)17(24)15-2-4-16(20)5-3-15;/h2-5,21H,6-14H2,1H3;1H. The van der Waals surface area contributed by atoms with Gasteiger partial charge < -0.3 is 19.9 Å². The predicted molar refractivity (Wildman–Crippen MR) is 103 cm³/mol. The highest BCUT2D eigenvalue weighted by molar-refractivity contribution is 5.94. The van der Waals surface area contributed by atoms with Crippen molar-refractivity contribution in [2.75, 3.05) is 53.0 Å². The van der Waals surface area contributed by atoms with Gasteiger partial charge >= 0.3 is 0 Å². The zero-order valence-electron chi connectivity index (χ0n) is 15.6. The molecule has 8 heteroatoms. The summed E-state index contributed by atoms with van der Waals surface area (Å²) in [5.74, 6) is -0.345. The van der Waals surface area contributed by atoms with Crippen LogP contribution < -0.4 is 5.32 Å². The Labute approximate surface area is 165 Å². The number of carbonyl (C=O) groups is 2. The minimum atomic E-state index is -0.455. The number of piperidine rings is 1. The lowest BCUT2D eigenvalue weighted by atomic mass is 9.78. The predicted octanol–water partition coefficient (Wildman–Crippen LogP) is 1.55. The average molecular weight is 400 g/mol. The minimum absolute atomic E-state index is 0. The zero-order chi connectivity index (χ0) is 18.6. The molecular formula is C19H27ClFN3O3. The fourth-order valence-electron chi connectivity index (χ4n) is 3.82. The first-order valence-electron chi connectivity index (χ1n) is 9.10. The molecule has 0 bridgehead atoms. The van der Waals surface area contributed by atoms with Crippen LogP contribution in [0.2, 0.25) is 0 Å². The molecule has 2 heterocycles. The zero-order valence-corrected chi connectivity index (χ0v) is 16.4. The van der Waals surface area contributed by atoms with E-state index in [9.17, 15) is 14.0 Å². The van der Waals surface area contributed by atoms with Gasteiger partial charge in [-0.2, -0.15) is 0 Å². The summed E-state index contributed by atoms with van der Waals surface area (Å²) in [6, 6.07) is 5.58. The molecule has 0 saturated carbocycles. The van der Waals surface area contributed by atoms with Gasteiger partial charge in [-0.05, 0) is 50.2 Å². The summed E-state index contributed by atoms with van der Waals surface area (Å²) in [7, 11) is 1.64. The van der Waals surface area contributed by atoms with Crippen molar-refractivity contribution in [1.29, 1.82) is 0 Å². The first-order chi connectivity index (χ1) is 12.6. The summed E-state index contributed by atoms with van der Waals surface area (Å²) in [5, 5.41) is 3.29. The van der Waals surface area contributed by atoms with Crippen LogP contribution in [-0.2, 0) is 9.53 Å². The Morgan fingerprint density at radius 2 is 1.63 bits per heavy atom. The number of piperazine rings is 1. The van der Waals surface area contributed by atoms with Crippen molar-refractivity contribution < 1.29 is 18.7 Å². The highest BCUT2D eigenvalue weighted by atomic mass is 35.5. The molecule has 3 rings (SSSR count). The van der Waals surface area contributed by atoms with Crippen LogP contribution in [0, 0.1) is 11.2 Å². The molecule has 0 radical (unpaired) electrons. The van der Waals surface area contributed by atoms with Gasteiger partial charge in [-0.3, -0.25) is 9.59 Å². The number of hydrogen-bond acceptors (Lipinski definition) is 4. The molecule has 150 valence electrons. The maximum atomic E-state index is 13.1. The molecule has 6 nitrogen and oxygen atoms in total. The molecule has 1 N–H and O–H groups in total. The molecule has 1 aromatic carbocycles. The van der Waals surface area contributed by atoms with Gasteiger partial charge in [-0.25, -0.2) is 4.39 Å². The lowest BCUT2D eigenvalue weighted by molar-refractivity contribution is -0.149. The van der Waals surface area contributed by atoms with Crippen LogP contribution in [0.15, 0.2) is 24.3 Å². The van der Waals surface area contributed by atoms with Crippen molar-refractivity contribution in [3.8, 4) is 0 Å². The highest BCUT2D eigenvalue weighted by Crippen LogP contribution is 2.32. The van der Waals surface area contributed by atoms with Gasteiger partial charge in [-0.1, -0.05) is 0 Å². The topological polar surface area (TPSA) is 61.9 Å². The maximum absolute atomic E-state index is 13.1. The molecule has 2 fully saturated rings. The number of hydrogen-bond donors (Lipinski definition) is 1. The van der Waals surface area contributed by atoms with Gasteiger partial charge in [0.05, 0.1) is 12.0 Å². The summed E-state index contributed by atoms with van der Waals surface area (Å²) in [5.41, 5.74) is 0.0174. The Hall–Kier alpha value is -1.70. The van der Waals surface area contributed by atoms with Crippen LogP contribution in [0.1, 0.15) is 23.2 Å². The number of methoxy groups -OCH3 is 1. The molecular weight excluding hydrogens is 373 g/mol. The van der Waals surface area contributed by atoms with E-state index in [2.05, 4.69) is 5.32 Å². The number of nitrogens with zero attached hydrogens (tertiary/aromatic N) is 2. The molecule has 0 atom stereocenters. The summed E-state index contributed by atoms with van der Waals surface area (Å²) < 4.78 is 18.4. The molecule has 0 spiro atoms. The molecule has 2 aliphatic heterocycles. The molecule has 0 unspecified atom stereocenters. The second-order valence-corrected chi connectivity index (χ2v) is 7.05. The van der Waals surface area contributed by atoms with E-state index in [1.54, 1.807) is 12.0 Å². The van der Waals surface area contributed by atoms with E-state index in [4.69, 9.17) is 4.74 Å². The molecule has 2 saturated heterocycles. The third kappa shape index (κ3) is 4.78. The Kier molecular flexibility index (Phi) is 7.59. The minimum Gasteiger partial charge on any atom is -0.384 e. The second-order valence-electron chi connectivity index (χ2n) is 7.05. The SMILES string of the molecule is COCC1(C(=O)N2CCN(C(=O)c3ccc(F)cc3)CC2)CCNCC1.Cl. The van der Waals surface area contributed by atoms with Crippen molar-refractivity contribution in [3.05, 3.63) is 35.6 Å². The van der Waals surface area contributed by atoms with E-state index in [1.165, 1.54) is 24.3 Å². The van der Waals surface area contributed by atoms with E-state index < -0.39 is 5.41 Å². The van der Waals surface area contributed by atoms with Crippen molar-refractivity contribution in [1.82, 2.24) is 15.1 Å². The van der Waals surface area contributed by atoms with Crippen LogP contribution in [0.5, 0.6) is 0 Å². The maximum Gasteiger partial charge on any atom is 0.253 e. The summed E-state index contributed by atoms with van der Waals surface area (Å²) in [6.45, 7) is 4.08. The Morgan fingerprint density at radius 3 is 2.19 bits per heavy atom. The van der Waals surface area contributed by atoms with E-state index in [0.29, 0.717) is 38.3 Å². The van der Waals surface area contributed by atoms with E-state index in [0.717, 1.165) is 25.9 Å². The number of rotatable bonds is 4. The molecule has 0 aromatic heterocycles. The Balaban J connectivity index is 0.00000261. The molecule has 27 heavy (non-hydrogen) atoms. The summed E-state index contributed by atoms with van der Waals surface area (Å²) >= 11 is 0. The molecule has 0 aliphatic carbocycles. The van der Waals surface area contributed by atoms with Gasteiger partial charge in [0, 0.05) is 38.9 Å². The summed E-state index contributed by atoms with van der Waals surface area (Å²) in [4.78, 5) is 29.2. The van der Waals surface area contributed by atoms with E-state index in [1.807, 2.05) is 4.90 Å². The Bertz CT molecular complexity index is 637. The quantitative estimate of drug-likeness (QED) is 0.834. The van der Waals surface area contributed by atoms with Crippen LogP contribution in [0.3, 0.4) is 0 Å². The van der Waals surface area contributed by atoms with Crippen molar-refractivity contribution in [2.45, 2.75) is 12.8 Å². The number of ether oxygens (including phenoxy) is 1. The van der Waals surface area contributed by atoms with E-state index in [-0.39, 0.29) is 30.0 Å². The van der Waals surface area contributed by atoms with Crippen LogP contribution >= 0.6 is 12.4 Å². The number of benzene rings is 1. The first kappa shape index (κ1) is 21.6. The normalized spacial score (nSPS) is 19.3. The van der Waals surface area contributed by atoms with Crippen LogP contribution in [0.25, 0.3) is 0 Å².